The number of rotatable bonds is 7. The maximum atomic E-state index is 12.7. The van der Waals surface area contributed by atoms with Crippen molar-refractivity contribution in [1.29, 1.82) is 0 Å². The molecule has 0 radical (unpaired) electrons. The Labute approximate surface area is 161 Å². The maximum Gasteiger partial charge on any atom is 0.319 e. The van der Waals surface area contributed by atoms with Gasteiger partial charge in [-0.15, -0.1) is 0 Å². The second-order valence-corrected chi connectivity index (χ2v) is 7.00. The van der Waals surface area contributed by atoms with Crippen molar-refractivity contribution in [2.24, 2.45) is 0 Å². The quantitative estimate of drug-likeness (QED) is 0.725. The number of anilines is 1. The number of carbonyl (C=O) groups is 1. The molecule has 2 aromatic rings. The molecule has 140 valence electrons. The van der Waals surface area contributed by atoms with Crippen LogP contribution in [0.25, 0.3) is 0 Å². The van der Waals surface area contributed by atoms with Crippen molar-refractivity contribution in [2.45, 2.75) is 32.7 Å². The van der Waals surface area contributed by atoms with Crippen LogP contribution in [0, 0.1) is 0 Å². The highest BCUT2D eigenvalue weighted by Crippen LogP contribution is 2.29. The minimum atomic E-state index is -0.215. The van der Waals surface area contributed by atoms with E-state index in [-0.39, 0.29) is 12.1 Å². The molecule has 0 aliphatic rings. The molecule has 1 unspecified atom stereocenters. The topological polar surface area (TPSA) is 44.4 Å². The normalized spacial score (nSPS) is 12.1. The van der Waals surface area contributed by atoms with Gasteiger partial charge in [-0.05, 0) is 49.7 Å². The Morgan fingerprint density at radius 3 is 2.35 bits per heavy atom. The molecule has 5 heteroatoms. The summed E-state index contributed by atoms with van der Waals surface area (Å²) in [4.78, 5) is 14.8. The first-order valence-electron chi connectivity index (χ1n) is 9.03. The van der Waals surface area contributed by atoms with Crippen LogP contribution in [0.4, 0.5) is 10.5 Å². The molecule has 0 aromatic heterocycles. The molecular weight excluding hydrogens is 346 g/mol. The summed E-state index contributed by atoms with van der Waals surface area (Å²) >= 11 is 6.33. The lowest BCUT2D eigenvalue weighted by molar-refractivity contribution is 0.244. The van der Waals surface area contributed by atoms with E-state index in [9.17, 15) is 4.79 Å². The van der Waals surface area contributed by atoms with Crippen molar-refractivity contribution in [3.8, 4) is 0 Å². The fraction of sp³-hybridized carbons (Fsp3) is 0.381. The molecule has 2 rings (SSSR count). The third-order valence-corrected chi connectivity index (χ3v) is 4.72. The largest absolute Gasteiger partial charge is 0.330 e. The molecule has 2 N–H and O–H groups in total. The van der Waals surface area contributed by atoms with Crippen LogP contribution in [-0.2, 0) is 12.8 Å². The summed E-state index contributed by atoms with van der Waals surface area (Å²) in [6.45, 7) is 4.83. The van der Waals surface area contributed by atoms with Crippen LogP contribution in [0.3, 0.4) is 0 Å². The molecule has 0 bridgehead atoms. The van der Waals surface area contributed by atoms with E-state index in [1.165, 1.54) is 0 Å². The number of carbonyl (C=O) groups excluding carboxylic acids is 1. The Balaban J connectivity index is 2.22. The summed E-state index contributed by atoms with van der Waals surface area (Å²) < 4.78 is 0. The predicted octanol–water partition coefficient (Wildman–Crippen LogP) is 4.89. The number of nitrogens with one attached hydrogen (secondary N) is 2. The van der Waals surface area contributed by atoms with Gasteiger partial charge in [0.1, 0.15) is 0 Å². The van der Waals surface area contributed by atoms with Gasteiger partial charge in [-0.1, -0.05) is 61.8 Å². The van der Waals surface area contributed by atoms with Crippen molar-refractivity contribution >= 4 is 23.3 Å². The molecule has 0 saturated heterocycles. The van der Waals surface area contributed by atoms with Crippen LogP contribution in [0.2, 0.25) is 5.02 Å². The van der Waals surface area contributed by atoms with Gasteiger partial charge in [0.15, 0.2) is 0 Å². The number of nitrogens with zero attached hydrogens (tertiary/aromatic N) is 1. The molecule has 0 saturated carbocycles. The highest BCUT2D eigenvalue weighted by Gasteiger charge is 2.18. The summed E-state index contributed by atoms with van der Waals surface area (Å²) in [6.07, 6.45) is 1.60. The van der Waals surface area contributed by atoms with Crippen molar-refractivity contribution in [3.05, 3.63) is 64.2 Å². The van der Waals surface area contributed by atoms with Gasteiger partial charge in [0.05, 0.1) is 11.7 Å². The number of halogens is 1. The monoisotopic (exact) mass is 373 g/mol. The van der Waals surface area contributed by atoms with Gasteiger partial charge < -0.3 is 15.5 Å². The molecule has 4 nitrogen and oxygen atoms in total. The molecular formula is C21H28ClN3O. The van der Waals surface area contributed by atoms with Crippen LogP contribution in [0.1, 0.15) is 36.6 Å². The molecule has 0 aliphatic carbocycles. The molecule has 0 spiro atoms. The molecule has 0 fully saturated rings. The zero-order valence-electron chi connectivity index (χ0n) is 16.0. The first-order chi connectivity index (χ1) is 12.5. The SMILES string of the molecule is CCc1ccc(Cl)c(CC)c1NC(=O)NC(CN(C)C)c1ccccc1. The lowest BCUT2D eigenvalue weighted by Crippen LogP contribution is -2.38. The van der Waals surface area contributed by atoms with Crippen LogP contribution in [0.5, 0.6) is 0 Å². The average Bonchev–Trinajstić information content (AvgIpc) is 2.62. The van der Waals surface area contributed by atoms with E-state index in [1.807, 2.05) is 63.5 Å². The Hall–Kier alpha value is -2.04. The average molecular weight is 374 g/mol. The lowest BCUT2D eigenvalue weighted by atomic mass is 10.0. The zero-order chi connectivity index (χ0) is 19.1. The Kier molecular flexibility index (Phi) is 7.49. The van der Waals surface area contributed by atoms with Crippen molar-refractivity contribution in [3.63, 3.8) is 0 Å². The number of amides is 2. The molecule has 1 atom stereocenters. The molecule has 2 aromatic carbocycles. The van der Waals surface area contributed by atoms with Gasteiger partial charge in [-0.25, -0.2) is 4.79 Å². The van der Waals surface area contributed by atoms with Gasteiger partial charge in [-0.3, -0.25) is 0 Å². The zero-order valence-corrected chi connectivity index (χ0v) is 16.7. The third-order valence-electron chi connectivity index (χ3n) is 4.37. The third kappa shape index (κ3) is 5.23. The number of benzene rings is 2. The maximum absolute atomic E-state index is 12.7. The van der Waals surface area contributed by atoms with Crippen molar-refractivity contribution in [1.82, 2.24) is 10.2 Å². The van der Waals surface area contributed by atoms with Crippen LogP contribution >= 0.6 is 11.6 Å². The summed E-state index contributed by atoms with van der Waals surface area (Å²) in [6, 6.07) is 13.6. The van der Waals surface area contributed by atoms with Gasteiger partial charge >= 0.3 is 6.03 Å². The van der Waals surface area contributed by atoms with Crippen LogP contribution in [-0.4, -0.2) is 31.6 Å². The first kappa shape index (κ1) is 20.3. The Morgan fingerprint density at radius 1 is 1.08 bits per heavy atom. The van der Waals surface area contributed by atoms with E-state index in [0.29, 0.717) is 11.6 Å². The van der Waals surface area contributed by atoms with E-state index >= 15 is 0 Å². The molecule has 0 aliphatic heterocycles. The number of hydrogen-bond acceptors (Lipinski definition) is 2. The van der Waals surface area contributed by atoms with Gasteiger partial charge in [0.2, 0.25) is 0 Å². The van der Waals surface area contributed by atoms with E-state index in [4.69, 9.17) is 11.6 Å². The van der Waals surface area contributed by atoms with E-state index in [0.717, 1.165) is 35.2 Å². The van der Waals surface area contributed by atoms with Crippen molar-refractivity contribution < 1.29 is 4.79 Å². The predicted molar refractivity (Wildman–Crippen MR) is 110 cm³/mol. The Morgan fingerprint density at radius 2 is 1.77 bits per heavy atom. The number of likely N-dealkylation sites (N-methyl/N-ethyl adjacent to an activating group) is 1. The number of aryl methyl sites for hydroxylation is 1. The second-order valence-electron chi connectivity index (χ2n) is 6.59. The van der Waals surface area contributed by atoms with Gasteiger partial charge in [-0.2, -0.15) is 0 Å². The van der Waals surface area contributed by atoms with Gasteiger partial charge in [0.25, 0.3) is 0 Å². The second kappa shape index (κ2) is 9.60. The summed E-state index contributed by atoms with van der Waals surface area (Å²) in [5, 5.41) is 6.83. The lowest BCUT2D eigenvalue weighted by Gasteiger charge is -2.24. The van der Waals surface area contributed by atoms with Gasteiger partial charge in [0, 0.05) is 11.6 Å². The smallest absolute Gasteiger partial charge is 0.319 e. The fourth-order valence-electron chi connectivity index (χ4n) is 3.06. The van der Waals surface area contributed by atoms with Crippen LogP contribution in [0.15, 0.2) is 42.5 Å². The summed E-state index contributed by atoms with van der Waals surface area (Å²) in [5.41, 5.74) is 3.97. The summed E-state index contributed by atoms with van der Waals surface area (Å²) in [5.74, 6) is 0. The highest BCUT2D eigenvalue weighted by molar-refractivity contribution is 6.31. The minimum absolute atomic E-state index is 0.0967. The minimum Gasteiger partial charge on any atom is -0.330 e. The Bertz CT molecular complexity index is 732. The van der Waals surface area contributed by atoms with Crippen molar-refractivity contribution in [2.75, 3.05) is 26.0 Å². The number of hydrogen-bond donors (Lipinski definition) is 2. The standard InChI is InChI=1S/C21H28ClN3O/c1-5-15-12-13-18(22)17(6-2)20(15)24-21(26)23-19(14-25(3)4)16-10-8-7-9-11-16/h7-13,19H,5-6,14H2,1-4H3,(H2,23,24,26). The van der Waals surface area contributed by atoms with Crippen LogP contribution < -0.4 is 10.6 Å². The van der Waals surface area contributed by atoms with E-state index in [1.54, 1.807) is 0 Å². The first-order valence-corrected chi connectivity index (χ1v) is 9.41. The highest BCUT2D eigenvalue weighted by atomic mass is 35.5. The number of urea groups is 1. The molecule has 0 heterocycles. The molecule has 26 heavy (non-hydrogen) atoms. The van der Waals surface area contributed by atoms with E-state index in [2.05, 4.69) is 22.5 Å². The fourth-order valence-corrected chi connectivity index (χ4v) is 3.35. The summed E-state index contributed by atoms with van der Waals surface area (Å²) in [7, 11) is 3.99. The molecule has 2 amide bonds. The van der Waals surface area contributed by atoms with E-state index < -0.39 is 0 Å².